The number of ether oxygens (including phenoxy) is 1. The van der Waals surface area contributed by atoms with Crippen molar-refractivity contribution in [3.8, 4) is 5.75 Å². The van der Waals surface area contributed by atoms with Gasteiger partial charge >= 0.3 is 0 Å². The van der Waals surface area contributed by atoms with Crippen LogP contribution in [0.2, 0.25) is 0 Å². The molecule has 1 aliphatic carbocycles. The Kier molecular flexibility index (Phi) is 4.79. The Morgan fingerprint density at radius 2 is 2.19 bits per heavy atom. The third-order valence-electron chi connectivity index (χ3n) is 4.60. The summed E-state index contributed by atoms with van der Waals surface area (Å²) in [6, 6.07) is 9.77. The summed E-state index contributed by atoms with van der Waals surface area (Å²) in [6.45, 7) is 5.19. The minimum absolute atomic E-state index is 0.0579. The van der Waals surface area contributed by atoms with Crippen LogP contribution < -0.4 is 4.74 Å². The topological polar surface area (TPSA) is 68.5 Å². The average Bonchev–Trinajstić information content (AvgIpc) is 3.41. The number of benzene rings is 1. The molecule has 6 nitrogen and oxygen atoms in total. The van der Waals surface area contributed by atoms with Crippen LogP contribution in [0.5, 0.6) is 5.75 Å². The van der Waals surface area contributed by atoms with Gasteiger partial charge in [-0.3, -0.25) is 9.78 Å². The van der Waals surface area contributed by atoms with Crippen LogP contribution >= 0.6 is 0 Å². The van der Waals surface area contributed by atoms with Crippen LogP contribution in [-0.2, 0) is 6.61 Å². The van der Waals surface area contributed by atoms with E-state index < -0.39 is 0 Å². The van der Waals surface area contributed by atoms with E-state index in [0.29, 0.717) is 23.4 Å². The second-order valence-electron chi connectivity index (χ2n) is 7.40. The zero-order valence-corrected chi connectivity index (χ0v) is 15.6. The van der Waals surface area contributed by atoms with Gasteiger partial charge in [-0.05, 0) is 30.9 Å². The Morgan fingerprint density at radius 3 is 2.96 bits per heavy atom. The molecule has 0 atom stereocenters. The van der Waals surface area contributed by atoms with Crippen molar-refractivity contribution in [1.82, 2.24) is 15.0 Å². The van der Waals surface area contributed by atoms with E-state index in [1.165, 1.54) is 0 Å². The molecule has 0 unspecified atom stereocenters. The number of rotatable bonds is 7. The van der Waals surface area contributed by atoms with E-state index >= 15 is 0 Å². The average molecular weight is 365 g/mol. The molecule has 6 heteroatoms. The lowest BCUT2D eigenvalue weighted by atomic mass is 10.1. The first-order valence-electron chi connectivity index (χ1n) is 9.34. The molecule has 1 saturated carbocycles. The highest BCUT2D eigenvalue weighted by Crippen LogP contribution is 2.29. The van der Waals surface area contributed by atoms with Gasteiger partial charge in [0.15, 0.2) is 11.5 Å². The van der Waals surface area contributed by atoms with Crippen molar-refractivity contribution in [2.45, 2.75) is 39.3 Å². The van der Waals surface area contributed by atoms with Crippen LogP contribution in [0.1, 0.15) is 42.9 Å². The number of amides is 1. The van der Waals surface area contributed by atoms with Gasteiger partial charge in [-0.2, -0.15) is 0 Å². The molecule has 0 bridgehead atoms. The van der Waals surface area contributed by atoms with Gasteiger partial charge in [-0.25, -0.2) is 0 Å². The predicted molar refractivity (Wildman–Crippen MR) is 101 cm³/mol. The Labute approximate surface area is 158 Å². The number of pyridine rings is 1. The second-order valence-corrected chi connectivity index (χ2v) is 7.40. The van der Waals surface area contributed by atoms with Crippen LogP contribution in [0.25, 0.3) is 10.8 Å². The quantitative estimate of drug-likeness (QED) is 0.631. The van der Waals surface area contributed by atoms with Crippen molar-refractivity contribution < 1.29 is 14.1 Å². The highest BCUT2D eigenvalue weighted by molar-refractivity contribution is 5.92. The Bertz CT molecular complexity index is 941. The molecule has 0 radical (unpaired) electrons. The van der Waals surface area contributed by atoms with Gasteiger partial charge in [-0.1, -0.05) is 31.1 Å². The zero-order valence-electron chi connectivity index (χ0n) is 15.6. The molecule has 4 rings (SSSR count). The van der Waals surface area contributed by atoms with E-state index in [1.807, 2.05) is 29.2 Å². The van der Waals surface area contributed by atoms with Crippen molar-refractivity contribution >= 4 is 16.7 Å². The highest BCUT2D eigenvalue weighted by atomic mass is 16.5. The van der Waals surface area contributed by atoms with Crippen molar-refractivity contribution in [3.63, 3.8) is 0 Å². The van der Waals surface area contributed by atoms with Crippen molar-refractivity contribution in [3.05, 3.63) is 54.2 Å². The lowest BCUT2D eigenvalue weighted by Crippen LogP contribution is -2.36. The van der Waals surface area contributed by atoms with Crippen LogP contribution in [0.15, 0.2) is 47.2 Å². The first-order valence-corrected chi connectivity index (χ1v) is 9.34. The van der Waals surface area contributed by atoms with Crippen LogP contribution in [-0.4, -0.2) is 33.5 Å². The number of aromatic nitrogens is 2. The van der Waals surface area contributed by atoms with Crippen molar-refractivity contribution in [2.75, 3.05) is 6.54 Å². The molecule has 3 aromatic rings. The third-order valence-corrected chi connectivity index (χ3v) is 4.60. The molecule has 0 aliphatic heterocycles. The predicted octanol–water partition coefficient (Wildman–Crippen LogP) is 4.06. The fraction of sp³-hybridized carbons (Fsp3) is 0.381. The van der Waals surface area contributed by atoms with E-state index in [9.17, 15) is 4.79 Å². The normalized spacial score (nSPS) is 13.9. The number of hydrogen-bond acceptors (Lipinski definition) is 5. The van der Waals surface area contributed by atoms with Gasteiger partial charge in [0.25, 0.3) is 5.91 Å². The SMILES string of the molecule is CC(C)CN(C(=O)c1cc(COc2cccc3cnccc23)on1)C1CC1. The molecule has 27 heavy (non-hydrogen) atoms. The van der Waals surface area contributed by atoms with E-state index in [1.54, 1.807) is 18.5 Å². The zero-order chi connectivity index (χ0) is 18.8. The maximum absolute atomic E-state index is 12.8. The van der Waals surface area contributed by atoms with Crippen LogP contribution in [0.4, 0.5) is 0 Å². The van der Waals surface area contributed by atoms with Gasteiger partial charge in [0.2, 0.25) is 0 Å². The van der Waals surface area contributed by atoms with E-state index in [2.05, 4.69) is 24.0 Å². The lowest BCUT2D eigenvalue weighted by Gasteiger charge is -2.23. The maximum atomic E-state index is 12.8. The Hall–Kier alpha value is -2.89. The molecule has 1 aliphatic rings. The smallest absolute Gasteiger partial charge is 0.276 e. The first kappa shape index (κ1) is 17.5. The number of nitrogens with zero attached hydrogens (tertiary/aromatic N) is 3. The van der Waals surface area contributed by atoms with Crippen LogP contribution in [0, 0.1) is 5.92 Å². The molecule has 1 amide bonds. The summed E-state index contributed by atoms with van der Waals surface area (Å²) in [7, 11) is 0. The Balaban J connectivity index is 1.45. The second kappa shape index (κ2) is 7.39. The summed E-state index contributed by atoms with van der Waals surface area (Å²) in [5.74, 6) is 1.64. The maximum Gasteiger partial charge on any atom is 0.276 e. The van der Waals surface area contributed by atoms with E-state index in [-0.39, 0.29) is 12.5 Å². The molecular weight excluding hydrogens is 342 g/mol. The van der Waals surface area contributed by atoms with Gasteiger partial charge in [-0.15, -0.1) is 0 Å². The summed E-state index contributed by atoms with van der Waals surface area (Å²) in [6.07, 6.45) is 5.68. The molecule has 1 aromatic carbocycles. The molecule has 0 N–H and O–H groups in total. The van der Waals surface area contributed by atoms with Gasteiger partial charge in [0, 0.05) is 41.8 Å². The summed E-state index contributed by atoms with van der Waals surface area (Å²) >= 11 is 0. The van der Waals surface area contributed by atoms with Crippen molar-refractivity contribution in [1.29, 1.82) is 0 Å². The number of carbonyl (C=O) groups is 1. The summed E-state index contributed by atoms with van der Waals surface area (Å²) in [4.78, 5) is 18.8. The molecule has 0 saturated heterocycles. The standard InChI is InChI=1S/C21H23N3O3/c1-14(2)12-24(16-6-7-16)21(25)19-10-17(27-23-19)13-26-20-5-3-4-15-11-22-9-8-18(15)20/h3-5,8-11,14,16H,6-7,12-13H2,1-2H3. The first-order chi connectivity index (χ1) is 13.1. The molecule has 1 fully saturated rings. The lowest BCUT2D eigenvalue weighted by molar-refractivity contribution is 0.0711. The van der Waals surface area contributed by atoms with Gasteiger partial charge in [0.05, 0.1) is 0 Å². The monoisotopic (exact) mass is 365 g/mol. The third kappa shape index (κ3) is 3.94. The summed E-state index contributed by atoms with van der Waals surface area (Å²) in [5, 5.41) is 5.97. The Morgan fingerprint density at radius 1 is 1.33 bits per heavy atom. The van der Waals surface area contributed by atoms with Gasteiger partial charge in [0.1, 0.15) is 12.4 Å². The highest BCUT2D eigenvalue weighted by Gasteiger charge is 2.34. The minimum atomic E-state index is -0.0579. The largest absolute Gasteiger partial charge is 0.485 e. The summed E-state index contributed by atoms with van der Waals surface area (Å²) < 4.78 is 11.2. The van der Waals surface area contributed by atoms with Gasteiger partial charge < -0.3 is 14.2 Å². The number of fused-ring (bicyclic) bond motifs is 1. The van der Waals surface area contributed by atoms with E-state index in [0.717, 1.165) is 35.9 Å². The van der Waals surface area contributed by atoms with Crippen LogP contribution in [0.3, 0.4) is 0 Å². The number of hydrogen-bond donors (Lipinski definition) is 0. The van der Waals surface area contributed by atoms with Crippen molar-refractivity contribution in [2.24, 2.45) is 5.92 Å². The minimum Gasteiger partial charge on any atom is -0.485 e. The molecular formula is C21H23N3O3. The molecule has 0 spiro atoms. The fourth-order valence-electron chi connectivity index (χ4n) is 3.17. The number of carbonyl (C=O) groups excluding carboxylic acids is 1. The summed E-state index contributed by atoms with van der Waals surface area (Å²) in [5.41, 5.74) is 0.350. The molecule has 2 aromatic heterocycles. The molecule has 140 valence electrons. The fourth-order valence-corrected chi connectivity index (χ4v) is 3.17. The van der Waals surface area contributed by atoms with E-state index in [4.69, 9.17) is 9.26 Å². The molecule has 2 heterocycles.